The topological polar surface area (TPSA) is 66.7 Å². The van der Waals surface area contributed by atoms with E-state index in [1.54, 1.807) is 22.6 Å². The van der Waals surface area contributed by atoms with Crippen LogP contribution in [0.25, 0.3) is 10.9 Å². The maximum Gasteiger partial charge on any atom is 0.245 e. The lowest BCUT2D eigenvalue weighted by Gasteiger charge is -2.14. The van der Waals surface area contributed by atoms with Crippen molar-refractivity contribution in [3.05, 3.63) is 29.4 Å². The smallest absolute Gasteiger partial charge is 0.245 e. The number of amidine groups is 1. The minimum atomic E-state index is -3.50. The van der Waals surface area contributed by atoms with Gasteiger partial charge in [-0.3, -0.25) is 4.99 Å². The fourth-order valence-electron chi connectivity index (χ4n) is 3.35. The Labute approximate surface area is 146 Å². The lowest BCUT2D eigenvalue weighted by molar-refractivity contribution is 0.478. The predicted octanol–water partition coefficient (Wildman–Crippen LogP) is 2.08. The van der Waals surface area contributed by atoms with Crippen LogP contribution in [0.1, 0.15) is 12.8 Å². The van der Waals surface area contributed by atoms with Crippen molar-refractivity contribution in [2.45, 2.75) is 24.3 Å². The van der Waals surface area contributed by atoms with E-state index in [4.69, 9.17) is 11.6 Å². The van der Waals surface area contributed by atoms with Crippen LogP contribution in [0, 0.1) is 0 Å². The number of aliphatic imine (C=N–C) groups is 1. The lowest BCUT2D eigenvalue weighted by Crippen LogP contribution is -2.27. The van der Waals surface area contributed by atoms with Crippen LogP contribution in [0.5, 0.6) is 0 Å². The van der Waals surface area contributed by atoms with Gasteiger partial charge in [0, 0.05) is 41.8 Å². The van der Waals surface area contributed by atoms with E-state index in [1.165, 1.54) is 0 Å². The fourth-order valence-corrected chi connectivity index (χ4v) is 5.25. The van der Waals surface area contributed by atoms with Gasteiger partial charge in [-0.2, -0.15) is 4.31 Å². The summed E-state index contributed by atoms with van der Waals surface area (Å²) in [6.07, 6.45) is 3.55. The number of sulfonamides is 1. The molecular weight excluding hydrogens is 348 g/mol. The molecule has 3 heterocycles. The summed E-state index contributed by atoms with van der Waals surface area (Å²) in [5.74, 6) is 0.881. The zero-order valence-electron chi connectivity index (χ0n) is 13.2. The molecule has 6 nitrogen and oxygen atoms in total. The first-order valence-electron chi connectivity index (χ1n) is 8.11. The second kappa shape index (κ2) is 6.06. The molecule has 2 aliphatic rings. The van der Waals surface area contributed by atoms with Gasteiger partial charge in [0.2, 0.25) is 10.0 Å². The SMILES string of the molecule is O=S(=O)(c1cn(CC2=NCCN2)c2ccc(Cl)cc12)N1CCCC1. The highest BCUT2D eigenvalue weighted by atomic mass is 35.5. The molecule has 0 aliphatic carbocycles. The molecule has 1 aromatic carbocycles. The monoisotopic (exact) mass is 366 g/mol. The number of nitrogens with one attached hydrogen (secondary N) is 1. The number of rotatable bonds is 4. The third-order valence-electron chi connectivity index (χ3n) is 4.55. The van der Waals surface area contributed by atoms with Crippen molar-refractivity contribution in [1.29, 1.82) is 0 Å². The fraction of sp³-hybridized carbons (Fsp3) is 0.438. The summed E-state index contributed by atoms with van der Waals surface area (Å²) in [4.78, 5) is 4.74. The average Bonchev–Trinajstić information content (AvgIpc) is 3.28. The number of hydrogen-bond donors (Lipinski definition) is 1. The van der Waals surface area contributed by atoms with Crippen LogP contribution >= 0.6 is 11.6 Å². The second-order valence-electron chi connectivity index (χ2n) is 6.15. The quantitative estimate of drug-likeness (QED) is 0.900. The molecule has 0 saturated carbocycles. The van der Waals surface area contributed by atoms with E-state index in [0.29, 0.717) is 34.9 Å². The molecule has 0 radical (unpaired) electrons. The maximum atomic E-state index is 13.0. The van der Waals surface area contributed by atoms with Crippen molar-refractivity contribution in [1.82, 2.24) is 14.2 Å². The van der Waals surface area contributed by atoms with Crippen LogP contribution < -0.4 is 5.32 Å². The molecule has 0 atom stereocenters. The molecule has 0 amide bonds. The summed E-state index contributed by atoms with van der Waals surface area (Å²) in [5, 5.41) is 4.44. The molecule has 1 fully saturated rings. The third-order valence-corrected chi connectivity index (χ3v) is 6.71. The summed E-state index contributed by atoms with van der Waals surface area (Å²) in [6.45, 7) is 3.31. The highest BCUT2D eigenvalue weighted by Gasteiger charge is 2.30. The standard InChI is InChI=1S/C16H19ClN4O2S/c17-12-3-4-14-13(9-12)15(24(22,23)21-7-1-2-8-21)10-20(14)11-16-18-5-6-19-16/h3-4,9-10H,1-2,5-8,11H2,(H,18,19). The van der Waals surface area contributed by atoms with Gasteiger partial charge in [-0.1, -0.05) is 11.6 Å². The van der Waals surface area contributed by atoms with Crippen molar-refractivity contribution in [3.63, 3.8) is 0 Å². The molecule has 24 heavy (non-hydrogen) atoms. The molecule has 1 N–H and O–H groups in total. The summed E-state index contributed by atoms with van der Waals surface area (Å²) in [6, 6.07) is 5.40. The normalized spacial score (nSPS) is 19.0. The van der Waals surface area contributed by atoms with Crippen LogP contribution in [0.15, 0.2) is 34.3 Å². The first-order valence-corrected chi connectivity index (χ1v) is 9.93. The molecule has 8 heteroatoms. The molecular formula is C16H19ClN4O2S. The predicted molar refractivity (Wildman–Crippen MR) is 95.2 cm³/mol. The highest BCUT2D eigenvalue weighted by molar-refractivity contribution is 7.89. The van der Waals surface area contributed by atoms with E-state index in [-0.39, 0.29) is 0 Å². The number of fused-ring (bicyclic) bond motifs is 1. The van der Waals surface area contributed by atoms with Crippen LogP contribution in [0.2, 0.25) is 5.02 Å². The molecule has 2 aromatic rings. The van der Waals surface area contributed by atoms with Gasteiger partial charge in [0.25, 0.3) is 0 Å². The van der Waals surface area contributed by atoms with Gasteiger partial charge in [-0.05, 0) is 31.0 Å². The molecule has 0 spiro atoms. The zero-order chi connectivity index (χ0) is 16.7. The Kier molecular flexibility index (Phi) is 4.02. The van der Waals surface area contributed by atoms with Crippen LogP contribution in [-0.2, 0) is 16.6 Å². The van der Waals surface area contributed by atoms with Crippen molar-refractivity contribution < 1.29 is 8.42 Å². The highest BCUT2D eigenvalue weighted by Crippen LogP contribution is 2.31. The second-order valence-corrected chi connectivity index (χ2v) is 8.49. The average molecular weight is 367 g/mol. The Morgan fingerprint density at radius 2 is 2.04 bits per heavy atom. The Morgan fingerprint density at radius 3 is 2.75 bits per heavy atom. The minimum Gasteiger partial charge on any atom is -0.370 e. The third kappa shape index (κ3) is 2.70. The molecule has 0 unspecified atom stereocenters. The van der Waals surface area contributed by atoms with Gasteiger partial charge >= 0.3 is 0 Å². The van der Waals surface area contributed by atoms with Gasteiger partial charge in [0.05, 0.1) is 13.1 Å². The summed E-state index contributed by atoms with van der Waals surface area (Å²) in [5.41, 5.74) is 0.855. The van der Waals surface area contributed by atoms with E-state index >= 15 is 0 Å². The first-order chi connectivity index (χ1) is 11.6. The van der Waals surface area contributed by atoms with Crippen LogP contribution in [0.3, 0.4) is 0 Å². The largest absolute Gasteiger partial charge is 0.370 e. The van der Waals surface area contributed by atoms with E-state index in [0.717, 1.165) is 37.3 Å². The van der Waals surface area contributed by atoms with E-state index in [2.05, 4.69) is 10.3 Å². The van der Waals surface area contributed by atoms with Gasteiger partial charge in [-0.15, -0.1) is 0 Å². The first kappa shape index (κ1) is 15.9. The number of hydrogen-bond acceptors (Lipinski definition) is 4. The van der Waals surface area contributed by atoms with E-state index in [1.807, 2.05) is 10.6 Å². The Hall–Kier alpha value is -1.57. The zero-order valence-corrected chi connectivity index (χ0v) is 14.8. The van der Waals surface area contributed by atoms with Crippen LogP contribution in [0.4, 0.5) is 0 Å². The number of aromatic nitrogens is 1. The van der Waals surface area contributed by atoms with Crippen molar-refractivity contribution in [2.75, 3.05) is 26.2 Å². The Morgan fingerprint density at radius 1 is 1.25 bits per heavy atom. The Balaban J connectivity index is 1.83. The van der Waals surface area contributed by atoms with E-state index < -0.39 is 10.0 Å². The minimum absolute atomic E-state index is 0.334. The Bertz CT molecular complexity index is 914. The molecule has 1 saturated heterocycles. The van der Waals surface area contributed by atoms with Gasteiger partial charge < -0.3 is 9.88 Å². The van der Waals surface area contributed by atoms with Crippen LogP contribution in [-0.4, -0.2) is 49.3 Å². The summed E-state index contributed by atoms with van der Waals surface area (Å²) in [7, 11) is -3.50. The van der Waals surface area contributed by atoms with Crippen molar-refractivity contribution in [2.24, 2.45) is 4.99 Å². The van der Waals surface area contributed by atoms with Crippen molar-refractivity contribution in [3.8, 4) is 0 Å². The molecule has 2 aliphatic heterocycles. The molecule has 0 bridgehead atoms. The van der Waals surface area contributed by atoms with Gasteiger partial charge in [-0.25, -0.2) is 8.42 Å². The van der Waals surface area contributed by atoms with Crippen molar-refractivity contribution >= 4 is 38.4 Å². The molecule has 128 valence electrons. The summed E-state index contributed by atoms with van der Waals surface area (Å²) < 4.78 is 29.6. The lowest BCUT2D eigenvalue weighted by atomic mass is 10.2. The van der Waals surface area contributed by atoms with Gasteiger partial charge in [0.15, 0.2) is 0 Å². The number of nitrogens with zero attached hydrogens (tertiary/aromatic N) is 3. The van der Waals surface area contributed by atoms with E-state index in [9.17, 15) is 8.42 Å². The summed E-state index contributed by atoms with van der Waals surface area (Å²) >= 11 is 6.13. The number of halogens is 1. The maximum absolute atomic E-state index is 13.0. The molecule has 1 aromatic heterocycles. The molecule has 4 rings (SSSR count). The number of benzene rings is 1. The van der Waals surface area contributed by atoms with Gasteiger partial charge in [0.1, 0.15) is 10.7 Å².